The van der Waals surface area contributed by atoms with Gasteiger partial charge < -0.3 is 0 Å². The van der Waals surface area contributed by atoms with Crippen LogP contribution < -0.4 is 4.57 Å². The van der Waals surface area contributed by atoms with Crippen LogP contribution in [0.15, 0.2) is 36.7 Å². The Labute approximate surface area is 153 Å². The number of pyridine rings is 2. The van der Waals surface area contributed by atoms with Crippen molar-refractivity contribution in [1.82, 2.24) is 4.98 Å². The molecule has 2 aromatic heterocycles. The first-order valence-electron chi connectivity index (χ1n) is 11.1. The number of nitrogens with zero attached hydrogens (tertiary/aromatic N) is 2. The van der Waals surface area contributed by atoms with Gasteiger partial charge in [-0.15, -0.1) is 0 Å². The largest absolute Gasteiger partial charge is 0.256 e. The predicted molar refractivity (Wildman–Crippen MR) is 101 cm³/mol. The molecular weight excluding hydrogens is 292 g/mol. The smallest absolute Gasteiger partial charge is 0.212 e. The summed E-state index contributed by atoms with van der Waals surface area (Å²) in [6, 6.07) is 7.25. The molecule has 124 valence electrons. The first kappa shape index (κ1) is 10.6. The highest BCUT2D eigenvalue weighted by molar-refractivity contribution is 5.91. The van der Waals surface area contributed by atoms with Gasteiger partial charge in [0.05, 0.1) is 11.1 Å². The van der Waals surface area contributed by atoms with Gasteiger partial charge in [0.1, 0.15) is 7.05 Å². The van der Waals surface area contributed by atoms with Gasteiger partial charge in [0, 0.05) is 31.4 Å². The molecule has 0 aliphatic rings. The minimum Gasteiger partial charge on any atom is -0.256 e. The van der Waals surface area contributed by atoms with Gasteiger partial charge in [-0.2, -0.15) is 0 Å². The Balaban J connectivity index is 2.34. The van der Waals surface area contributed by atoms with Gasteiger partial charge in [0.15, 0.2) is 6.20 Å². The van der Waals surface area contributed by atoms with E-state index >= 15 is 0 Å². The molecule has 3 aromatic rings. The monoisotopic (exact) mass is 325 g/mol. The van der Waals surface area contributed by atoms with Crippen LogP contribution in [-0.2, 0) is 12.5 Å². The van der Waals surface area contributed by atoms with Gasteiger partial charge in [-0.1, -0.05) is 20.8 Å². The van der Waals surface area contributed by atoms with Crippen molar-refractivity contribution in [2.24, 2.45) is 7.05 Å². The quantitative estimate of drug-likeness (QED) is 0.579. The zero-order chi connectivity index (χ0) is 22.6. The third kappa shape index (κ3) is 2.82. The standard InChI is InChI=1S/C22H27N2/c1-14-8-9-20(24(7)13-14)17-11-19(22(4,5)6)18-10-15(2)12-23-21(18)16(17)3/h8-13H,1-7H3/q+1/i1D3,2D3. The molecule has 0 N–H and O–H groups in total. The van der Waals surface area contributed by atoms with Gasteiger partial charge in [-0.25, -0.2) is 4.57 Å². The number of aromatic nitrogens is 2. The second kappa shape index (κ2) is 5.70. The molecule has 3 rings (SSSR count). The summed E-state index contributed by atoms with van der Waals surface area (Å²) in [6.45, 7) is 3.82. The van der Waals surface area contributed by atoms with Crippen LogP contribution in [0.4, 0.5) is 0 Å². The molecule has 0 amide bonds. The molecule has 0 fully saturated rings. The van der Waals surface area contributed by atoms with E-state index in [4.69, 9.17) is 8.22 Å². The van der Waals surface area contributed by atoms with Crippen molar-refractivity contribution >= 4 is 10.9 Å². The Morgan fingerprint density at radius 2 is 1.83 bits per heavy atom. The van der Waals surface area contributed by atoms with E-state index in [0.717, 1.165) is 33.3 Å². The molecule has 0 bridgehead atoms. The van der Waals surface area contributed by atoms with Gasteiger partial charge in [-0.05, 0) is 60.9 Å². The molecule has 1 aromatic carbocycles. The van der Waals surface area contributed by atoms with Crippen LogP contribution >= 0.6 is 0 Å². The average Bonchev–Trinajstić information content (AvgIpc) is 2.59. The van der Waals surface area contributed by atoms with Crippen molar-refractivity contribution in [3.8, 4) is 11.3 Å². The van der Waals surface area contributed by atoms with E-state index in [-0.39, 0.29) is 16.5 Å². The Bertz CT molecular complexity index is 1120. The zero-order valence-electron chi connectivity index (χ0n) is 20.9. The fourth-order valence-electron chi connectivity index (χ4n) is 3.20. The number of aryl methyl sites for hydroxylation is 4. The Hall–Kier alpha value is -2.22. The highest BCUT2D eigenvalue weighted by atomic mass is 14.9. The van der Waals surface area contributed by atoms with Crippen LogP contribution in [-0.4, -0.2) is 4.98 Å². The average molecular weight is 326 g/mol. The highest BCUT2D eigenvalue weighted by Gasteiger charge is 2.23. The molecule has 24 heavy (non-hydrogen) atoms. The summed E-state index contributed by atoms with van der Waals surface area (Å²) in [6.07, 6.45) is 3.06. The van der Waals surface area contributed by atoms with Crippen molar-refractivity contribution in [2.45, 2.75) is 46.8 Å². The van der Waals surface area contributed by atoms with Crippen LogP contribution in [0.1, 0.15) is 51.2 Å². The molecule has 2 heterocycles. The Kier molecular flexibility index (Phi) is 2.52. The lowest BCUT2D eigenvalue weighted by Gasteiger charge is -2.23. The van der Waals surface area contributed by atoms with E-state index in [0.29, 0.717) is 0 Å². The Morgan fingerprint density at radius 1 is 1.08 bits per heavy atom. The summed E-state index contributed by atoms with van der Waals surface area (Å²) >= 11 is 0. The molecule has 0 saturated heterocycles. The summed E-state index contributed by atoms with van der Waals surface area (Å²) < 4.78 is 48.0. The van der Waals surface area contributed by atoms with E-state index in [2.05, 4.69) is 31.8 Å². The maximum absolute atomic E-state index is 7.75. The zero-order valence-corrected chi connectivity index (χ0v) is 14.9. The summed E-state index contributed by atoms with van der Waals surface area (Å²) in [7, 11) is 1.83. The first-order valence-corrected chi connectivity index (χ1v) is 8.05. The lowest BCUT2D eigenvalue weighted by atomic mass is 9.81. The Morgan fingerprint density at radius 3 is 2.46 bits per heavy atom. The minimum absolute atomic E-state index is 0.222. The summed E-state index contributed by atoms with van der Waals surface area (Å²) in [4.78, 5) is 4.53. The van der Waals surface area contributed by atoms with E-state index in [9.17, 15) is 0 Å². The van der Waals surface area contributed by atoms with Gasteiger partial charge in [0.25, 0.3) is 0 Å². The number of benzene rings is 1. The third-order valence-electron chi connectivity index (χ3n) is 4.44. The maximum atomic E-state index is 7.75. The van der Waals surface area contributed by atoms with E-state index in [1.54, 1.807) is 18.3 Å². The second-order valence-corrected chi connectivity index (χ2v) is 7.38. The van der Waals surface area contributed by atoms with E-state index in [1.807, 2.05) is 24.6 Å². The maximum Gasteiger partial charge on any atom is 0.212 e. The molecule has 0 atom stereocenters. The lowest BCUT2D eigenvalue weighted by Crippen LogP contribution is -2.31. The van der Waals surface area contributed by atoms with Crippen LogP contribution in [0, 0.1) is 20.6 Å². The van der Waals surface area contributed by atoms with Crippen molar-refractivity contribution in [1.29, 1.82) is 0 Å². The van der Waals surface area contributed by atoms with Gasteiger partial charge in [-0.3, -0.25) is 4.98 Å². The molecule has 0 spiro atoms. The van der Waals surface area contributed by atoms with Crippen LogP contribution in [0.2, 0.25) is 0 Å². The normalized spacial score (nSPS) is 16.7. The first-order chi connectivity index (χ1) is 13.6. The lowest BCUT2D eigenvalue weighted by molar-refractivity contribution is -0.660. The molecule has 0 radical (unpaired) electrons. The SMILES string of the molecule is [2H]C([2H])([2H])c1cnc2c(C)c(-c3ccc(C([2H])([2H])[2H])c[n+]3C)cc(C(C)(C)C)c2c1. The second-order valence-electron chi connectivity index (χ2n) is 7.38. The molecule has 2 nitrogen and oxygen atoms in total. The molecule has 0 aliphatic carbocycles. The summed E-state index contributed by atoms with van der Waals surface area (Å²) in [5.74, 6) is 0. The molecule has 2 heteroatoms. The minimum atomic E-state index is -2.22. The number of fused-ring (bicyclic) bond motifs is 1. The summed E-state index contributed by atoms with van der Waals surface area (Å²) in [5, 5.41) is 0.833. The van der Waals surface area contributed by atoms with Crippen LogP contribution in [0.25, 0.3) is 22.2 Å². The molecule has 0 unspecified atom stereocenters. The van der Waals surface area contributed by atoms with Crippen LogP contribution in [0.3, 0.4) is 0 Å². The van der Waals surface area contributed by atoms with Crippen molar-refractivity contribution < 1.29 is 12.8 Å². The fourth-order valence-corrected chi connectivity index (χ4v) is 3.20. The fraction of sp³-hybridized carbons (Fsp3) is 0.364. The molecule has 0 saturated carbocycles. The van der Waals surface area contributed by atoms with Crippen molar-refractivity contribution in [3.05, 3.63) is 58.9 Å². The van der Waals surface area contributed by atoms with Crippen molar-refractivity contribution in [3.63, 3.8) is 0 Å². The van der Waals surface area contributed by atoms with E-state index < -0.39 is 13.7 Å². The highest BCUT2D eigenvalue weighted by Crippen LogP contribution is 2.36. The molecule has 0 aliphatic heterocycles. The number of hydrogen-bond acceptors (Lipinski definition) is 1. The van der Waals surface area contributed by atoms with Crippen LogP contribution in [0.5, 0.6) is 0 Å². The number of hydrogen-bond donors (Lipinski definition) is 0. The van der Waals surface area contributed by atoms with Gasteiger partial charge >= 0.3 is 0 Å². The third-order valence-corrected chi connectivity index (χ3v) is 4.44. The van der Waals surface area contributed by atoms with E-state index in [1.165, 1.54) is 6.20 Å². The summed E-state index contributed by atoms with van der Waals surface area (Å²) in [5.41, 5.74) is 4.75. The van der Waals surface area contributed by atoms with Gasteiger partial charge in [0.2, 0.25) is 5.69 Å². The number of rotatable bonds is 1. The predicted octanol–water partition coefficient (Wildman–Crippen LogP) is 4.95. The molecular formula is C22H27N2+. The van der Waals surface area contributed by atoms with Crippen molar-refractivity contribution in [2.75, 3.05) is 0 Å². The topological polar surface area (TPSA) is 16.8 Å².